The molecule has 2 aliphatic heterocycles. The van der Waals surface area contributed by atoms with Gasteiger partial charge in [-0.3, -0.25) is 9.59 Å². The Kier molecular flexibility index (Phi) is 20.4. The molecule has 0 saturated carbocycles. The zero-order valence-electron chi connectivity index (χ0n) is 38.9. The zero-order valence-corrected chi connectivity index (χ0v) is 38.9. The molecule has 0 radical (unpaired) electrons. The van der Waals surface area contributed by atoms with Crippen LogP contribution in [0.1, 0.15) is 127 Å². The first-order chi connectivity index (χ1) is 29.4. The minimum atomic E-state index is -0.870. The van der Waals surface area contributed by atoms with Crippen molar-refractivity contribution in [2.45, 2.75) is 141 Å². The maximum absolute atomic E-state index is 11.1. The number of aromatic hydroxyl groups is 1. The average Bonchev–Trinajstić information content (AvgIpc) is 3.48. The molecule has 2 heterocycles. The van der Waals surface area contributed by atoms with Gasteiger partial charge in [0.1, 0.15) is 0 Å². The number of aliphatic carboxylic acids is 2. The number of allylic oxidation sites excluding steroid dienone is 2. The fourth-order valence-electron chi connectivity index (χ4n) is 10.9. The van der Waals surface area contributed by atoms with Gasteiger partial charge in [-0.2, -0.15) is 0 Å². The minimum absolute atomic E-state index is 0.0168. The van der Waals surface area contributed by atoms with Crippen LogP contribution < -0.4 is 14.2 Å². The molecule has 2 aromatic carbocycles. The van der Waals surface area contributed by atoms with Gasteiger partial charge in [-0.05, 0) is 134 Å². The van der Waals surface area contributed by atoms with Gasteiger partial charge in [0.2, 0.25) is 0 Å². The van der Waals surface area contributed by atoms with Gasteiger partial charge in [0.25, 0.3) is 0 Å². The Bertz CT molecular complexity index is 1760. The topological polar surface area (TPSA) is 129 Å². The number of carboxylic acids is 2. The summed E-state index contributed by atoms with van der Waals surface area (Å²) in [6.07, 6.45) is 22.1. The number of hydrogen-bond donors (Lipinski definition) is 3. The van der Waals surface area contributed by atoms with Gasteiger partial charge in [0, 0.05) is 58.7 Å². The number of piperidine rings is 1. The van der Waals surface area contributed by atoms with Crippen LogP contribution in [-0.4, -0.2) is 97.7 Å². The molecule has 5 aliphatic rings. The molecule has 10 nitrogen and oxygen atoms in total. The summed E-state index contributed by atoms with van der Waals surface area (Å²) in [4.78, 5) is 24.8. The maximum atomic E-state index is 11.1. The van der Waals surface area contributed by atoms with E-state index in [0.29, 0.717) is 48.3 Å². The monoisotopic (exact) mass is 847 g/mol. The summed E-state index contributed by atoms with van der Waals surface area (Å²) in [6.45, 7) is 16.8. The molecule has 10 heteroatoms. The summed E-state index contributed by atoms with van der Waals surface area (Å²) in [7, 11) is 9.71. The maximum Gasteiger partial charge on any atom is 0.303 e. The molecule has 7 rings (SSSR count). The van der Waals surface area contributed by atoms with Crippen molar-refractivity contribution in [1.82, 2.24) is 9.80 Å². The first kappa shape index (κ1) is 51.1. The lowest BCUT2D eigenvalue weighted by molar-refractivity contribution is -0.139. The van der Waals surface area contributed by atoms with E-state index in [4.69, 9.17) is 24.4 Å². The van der Waals surface area contributed by atoms with E-state index in [-0.39, 0.29) is 23.7 Å². The Morgan fingerprint density at radius 2 is 1.34 bits per heavy atom. The number of aryl methyl sites for hydroxylation is 2. The molecule has 2 bridgehead atoms. The lowest BCUT2D eigenvalue weighted by atomic mass is 9.59. The molecule has 2 saturated heterocycles. The van der Waals surface area contributed by atoms with E-state index >= 15 is 0 Å². The number of likely N-dealkylation sites (tertiary alicyclic amines) is 2. The van der Waals surface area contributed by atoms with Crippen LogP contribution in [0.4, 0.5) is 0 Å². The van der Waals surface area contributed by atoms with Crippen molar-refractivity contribution in [2.75, 3.05) is 48.5 Å². The molecule has 0 amide bonds. The van der Waals surface area contributed by atoms with Crippen LogP contribution in [0.15, 0.2) is 61.7 Å². The fraction of sp³-hybridized carbons (Fsp3) is 0.608. The Labute approximate surface area is 367 Å². The first-order valence-electron chi connectivity index (χ1n) is 22.7. The van der Waals surface area contributed by atoms with Crippen LogP contribution >= 0.6 is 0 Å². The summed E-state index contributed by atoms with van der Waals surface area (Å²) < 4.78 is 17.0. The van der Waals surface area contributed by atoms with Crippen LogP contribution in [-0.2, 0) is 33.3 Å². The summed E-state index contributed by atoms with van der Waals surface area (Å²) in [5.74, 6) is 2.13. The second-order valence-corrected chi connectivity index (χ2v) is 16.8. The van der Waals surface area contributed by atoms with E-state index in [0.717, 1.165) is 55.7 Å². The van der Waals surface area contributed by atoms with E-state index in [1.807, 2.05) is 19.9 Å². The molecule has 0 unspecified atom stereocenters. The second kappa shape index (κ2) is 24.4. The van der Waals surface area contributed by atoms with Gasteiger partial charge in [-0.1, -0.05) is 57.2 Å². The highest BCUT2D eigenvalue weighted by Gasteiger charge is 2.52. The molecule has 61 heavy (non-hydrogen) atoms. The average molecular weight is 847 g/mol. The Morgan fingerprint density at radius 1 is 0.770 bits per heavy atom. The van der Waals surface area contributed by atoms with Crippen molar-refractivity contribution in [3.63, 3.8) is 0 Å². The number of hydrogen-bond acceptors (Lipinski definition) is 8. The van der Waals surface area contributed by atoms with Crippen LogP contribution in [0, 0.1) is 11.8 Å². The number of fused-ring (bicyclic) bond motifs is 2. The van der Waals surface area contributed by atoms with Crippen molar-refractivity contribution in [3.8, 4) is 23.0 Å². The molecule has 2 aromatic rings. The van der Waals surface area contributed by atoms with Crippen LogP contribution in [0.2, 0.25) is 0 Å². The highest BCUT2D eigenvalue weighted by molar-refractivity contribution is 5.68. The molecule has 3 N–H and O–H groups in total. The van der Waals surface area contributed by atoms with Crippen molar-refractivity contribution in [1.29, 1.82) is 0 Å². The molecule has 2 fully saturated rings. The number of phenolic OH excluding ortho intramolecular Hbond substituents is 1. The lowest BCUT2D eigenvalue weighted by Crippen LogP contribution is -2.54. The lowest BCUT2D eigenvalue weighted by Gasteiger charge is -2.52. The number of carboxylic acid groups (broad SMARTS) is 2. The third kappa shape index (κ3) is 11.4. The molecule has 0 spiro atoms. The summed E-state index contributed by atoms with van der Waals surface area (Å²) >= 11 is 0. The number of carbonyl (C=O) groups is 2. The van der Waals surface area contributed by atoms with E-state index in [9.17, 15) is 14.7 Å². The molecular weight excluding hydrogens is 769 g/mol. The number of rotatable bonds is 10. The smallest absolute Gasteiger partial charge is 0.303 e. The number of ether oxygens (including phenoxy) is 3. The molecule has 340 valence electrons. The number of phenols is 1. The first-order valence-corrected chi connectivity index (χ1v) is 22.7. The van der Waals surface area contributed by atoms with Crippen molar-refractivity contribution in [2.24, 2.45) is 11.8 Å². The third-order valence-corrected chi connectivity index (χ3v) is 13.9. The van der Waals surface area contributed by atoms with Crippen molar-refractivity contribution in [3.05, 3.63) is 84.0 Å². The number of methoxy groups -OCH3 is 3. The standard InChI is InChI=1S/C21H31NO2.C20H27NO2.C6H10O4.C2H6.C2H4/c1-5-16-10-11-18(24-4)20(23)19(16)21-12-7-6-9-17(21)15(2)22(3)14-8-13-21;1-21-13-12-20-11-5-4-6-15(20)16(21)9-7-14-8-10-17(22-2)19(23-3)18(14)20;7-5(8)3-1-2-4-6(9)10;2*1-2/h6,9-11,15,17,23H,5,7-8,12-14H2,1-4H3;4,6,8,10,15-16H,5,7,9,11-13H2,1-3H3;1-4H2,(H,7,8)(H,9,10);1-2H3;1-2H2/t15-,17+,21-;15-,16+,20+;;;/m10.../s1. The Hall–Kier alpha value is -4.28. The van der Waals surface area contributed by atoms with Gasteiger partial charge < -0.3 is 39.3 Å². The van der Waals surface area contributed by atoms with E-state index in [1.54, 1.807) is 21.3 Å². The van der Waals surface area contributed by atoms with E-state index < -0.39 is 11.9 Å². The number of benzene rings is 2. The van der Waals surface area contributed by atoms with Gasteiger partial charge in [-0.15, -0.1) is 13.2 Å². The molecular formula is C51H78N2O8. The zero-order chi connectivity index (χ0) is 45.3. The molecule has 3 aliphatic carbocycles. The van der Waals surface area contributed by atoms with Gasteiger partial charge in [0.05, 0.1) is 21.3 Å². The number of unbranched alkanes of at least 4 members (excludes halogenated alkanes) is 1. The van der Waals surface area contributed by atoms with Gasteiger partial charge in [-0.25, -0.2) is 0 Å². The highest BCUT2D eigenvalue weighted by Crippen LogP contribution is 2.57. The SMILES string of the molecule is C=C.CC.CCc1ccc(OC)c(O)c1[C@@]12CCC=C[C@H]1[C@@H](C)N(C)CCC2.COc1ccc2c(c1OC)[C@@]13CCC=C[C@H]1[C@@H](CC2)N(C)CC3.O=C(O)CCCCC(=O)O. The number of nitrogens with zero attached hydrogens (tertiary/aromatic N) is 2. The molecule has 0 aromatic heterocycles. The van der Waals surface area contributed by atoms with Gasteiger partial charge >= 0.3 is 11.9 Å². The van der Waals surface area contributed by atoms with Crippen molar-refractivity contribution < 1.29 is 39.1 Å². The van der Waals surface area contributed by atoms with E-state index in [1.165, 1.54) is 55.3 Å². The van der Waals surface area contributed by atoms with Crippen LogP contribution in [0.5, 0.6) is 23.0 Å². The van der Waals surface area contributed by atoms with E-state index in [2.05, 4.69) is 93.4 Å². The highest BCUT2D eigenvalue weighted by atomic mass is 16.5. The largest absolute Gasteiger partial charge is 0.504 e. The van der Waals surface area contributed by atoms with Gasteiger partial charge in [0.15, 0.2) is 23.0 Å². The predicted molar refractivity (Wildman–Crippen MR) is 248 cm³/mol. The Morgan fingerprint density at radius 3 is 1.90 bits per heavy atom. The third-order valence-electron chi connectivity index (χ3n) is 13.9. The molecule has 6 atom stereocenters. The predicted octanol–water partition coefficient (Wildman–Crippen LogP) is 10.4. The quantitative estimate of drug-likeness (QED) is 0.157. The van der Waals surface area contributed by atoms with Crippen molar-refractivity contribution >= 4 is 11.9 Å². The summed E-state index contributed by atoms with van der Waals surface area (Å²) in [5, 5.41) is 27.3. The van der Waals surface area contributed by atoms with Crippen LogP contribution in [0.25, 0.3) is 0 Å². The second-order valence-electron chi connectivity index (χ2n) is 16.8. The minimum Gasteiger partial charge on any atom is -0.504 e. The summed E-state index contributed by atoms with van der Waals surface area (Å²) in [6, 6.07) is 9.54. The summed E-state index contributed by atoms with van der Waals surface area (Å²) in [5.41, 5.74) is 5.58. The normalized spacial score (nSPS) is 26.0. The Balaban J connectivity index is 0.000000252. The fourth-order valence-corrected chi connectivity index (χ4v) is 10.9. The van der Waals surface area contributed by atoms with Crippen LogP contribution in [0.3, 0.4) is 0 Å².